The first kappa shape index (κ1) is 40.1. The lowest BCUT2D eigenvalue weighted by molar-refractivity contribution is -0.141. The van der Waals surface area contributed by atoms with Crippen molar-refractivity contribution in [3.63, 3.8) is 0 Å². The Morgan fingerprint density at radius 3 is 2.13 bits per heavy atom. The van der Waals surface area contributed by atoms with Crippen molar-refractivity contribution in [2.45, 2.75) is 70.8 Å². The van der Waals surface area contributed by atoms with Crippen molar-refractivity contribution >= 4 is 17.3 Å². The van der Waals surface area contributed by atoms with Crippen LogP contribution in [0.2, 0.25) is 0 Å². The number of aromatic hydroxyl groups is 2. The number of hydrogen-bond donors (Lipinski definition) is 7. The zero-order valence-corrected chi connectivity index (χ0v) is 27.2. The minimum absolute atomic E-state index is 0.00456. The number of Topliss-reactive ketones (excluding diaryl/α,β-unsaturated/α-hetero) is 1. The summed E-state index contributed by atoms with van der Waals surface area (Å²) in [5, 5.41) is 59.0. The van der Waals surface area contributed by atoms with E-state index < -0.39 is 53.2 Å². The minimum atomic E-state index is -1.93. The van der Waals surface area contributed by atoms with Gasteiger partial charge in [-0.1, -0.05) is 50.8 Å². The molecule has 0 saturated carbocycles. The first-order valence-electron chi connectivity index (χ1n) is 14.8. The summed E-state index contributed by atoms with van der Waals surface area (Å²) in [6.07, 6.45) is 3.93. The summed E-state index contributed by atoms with van der Waals surface area (Å²) in [6.45, 7) is 10.0. The molecule has 46 heavy (non-hydrogen) atoms. The lowest BCUT2D eigenvalue weighted by Crippen LogP contribution is -2.45. The van der Waals surface area contributed by atoms with Crippen molar-refractivity contribution in [3.05, 3.63) is 76.4 Å². The molecular weight excluding hydrogens is 598 g/mol. The minimum Gasteiger partial charge on any atom is -0.507 e. The van der Waals surface area contributed by atoms with E-state index in [4.69, 9.17) is 25.4 Å². The molecule has 4 atom stereocenters. The fourth-order valence-electron chi connectivity index (χ4n) is 4.94. The molecule has 4 rings (SSSR count). The molecule has 8 N–H and O–H groups in total. The summed E-state index contributed by atoms with van der Waals surface area (Å²) >= 11 is 0. The number of carbonyl (C=O) groups is 3. The van der Waals surface area contributed by atoms with Gasteiger partial charge in [0.2, 0.25) is 5.78 Å². The van der Waals surface area contributed by atoms with E-state index in [9.17, 15) is 34.8 Å². The lowest BCUT2D eigenvalue weighted by atomic mass is 9.73. The van der Waals surface area contributed by atoms with E-state index >= 15 is 0 Å². The summed E-state index contributed by atoms with van der Waals surface area (Å²) < 4.78 is 9.98. The van der Waals surface area contributed by atoms with Crippen LogP contribution in [0.1, 0.15) is 77.1 Å². The van der Waals surface area contributed by atoms with Crippen molar-refractivity contribution < 1.29 is 54.5 Å². The van der Waals surface area contributed by atoms with Gasteiger partial charge in [-0.05, 0) is 32.8 Å². The third-order valence-electron chi connectivity index (χ3n) is 7.58. The normalized spacial score (nSPS) is 18.1. The quantitative estimate of drug-likeness (QED) is 0.139. The van der Waals surface area contributed by atoms with Crippen molar-refractivity contribution in [1.82, 2.24) is 0 Å². The number of ether oxygens (including phenoxy) is 2. The number of phenolic OH excluding ortho intramolecular Hbond substituents is 2. The van der Waals surface area contributed by atoms with Gasteiger partial charge in [0, 0.05) is 30.2 Å². The second-order valence-electron chi connectivity index (χ2n) is 10.3. The number of benzene rings is 2. The summed E-state index contributed by atoms with van der Waals surface area (Å²) in [5.41, 5.74) is 2.94. The van der Waals surface area contributed by atoms with E-state index in [2.05, 4.69) is 6.58 Å². The Kier molecular flexibility index (Phi) is 15.9. The molecule has 12 heteroatoms. The van der Waals surface area contributed by atoms with Crippen LogP contribution < -0.4 is 10.5 Å². The average molecular weight is 646 g/mol. The van der Waals surface area contributed by atoms with Crippen molar-refractivity contribution in [3.8, 4) is 17.2 Å². The van der Waals surface area contributed by atoms with Gasteiger partial charge in [-0.25, -0.2) is 0 Å². The molecule has 0 aliphatic heterocycles. The van der Waals surface area contributed by atoms with Crippen molar-refractivity contribution in [1.29, 1.82) is 0 Å². The number of methoxy groups -OCH3 is 2. The maximum Gasteiger partial charge on any atom is 0.202 e. The largest absolute Gasteiger partial charge is 0.507 e. The van der Waals surface area contributed by atoms with Crippen LogP contribution >= 0.6 is 0 Å². The summed E-state index contributed by atoms with van der Waals surface area (Å²) in [7, 11) is 2.84. The maximum absolute atomic E-state index is 13.1. The first-order valence-corrected chi connectivity index (χ1v) is 14.8. The predicted molar refractivity (Wildman–Crippen MR) is 173 cm³/mol. The van der Waals surface area contributed by atoms with Gasteiger partial charge < -0.3 is 45.8 Å². The second kappa shape index (κ2) is 18.3. The third-order valence-corrected chi connectivity index (χ3v) is 7.58. The number of rotatable bonds is 8. The molecule has 0 fully saturated rings. The molecule has 2 aromatic rings. The number of nitrogens with two attached hydrogens (primary N) is 1. The molecule has 0 bridgehead atoms. The molecule has 2 aliphatic rings. The Bertz CT molecular complexity index is 1410. The molecule has 0 spiro atoms. The molecule has 0 aromatic heterocycles. The highest BCUT2D eigenvalue weighted by atomic mass is 16.5. The van der Waals surface area contributed by atoms with Crippen LogP contribution in [0.25, 0.3) is 0 Å². The van der Waals surface area contributed by atoms with E-state index in [0.717, 1.165) is 0 Å². The molecule has 12 nitrogen and oxygen atoms in total. The van der Waals surface area contributed by atoms with Gasteiger partial charge in [-0.15, -0.1) is 0 Å². The number of allylic oxidation sites excluding steroid dienone is 3. The summed E-state index contributed by atoms with van der Waals surface area (Å²) in [6, 6.07) is 3.85. The van der Waals surface area contributed by atoms with Crippen LogP contribution in [0, 0.1) is 0 Å². The zero-order chi connectivity index (χ0) is 35.4. The molecule has 0 heterocycles. The number of aliphatic hydroxyl groups excluding tert-OH is 3. The van der Waals surface area contributed by atoms with Crippen LogP contribution in [0.5, 0.6) is 17.2 Å². The Morgan fingerprint density at radius 1 is 1.07 bits per heavy atom. The van der Waals surface area contributed by atoms with Gasteiger partial charge in [0.25, 0.3) is 0 Å². The average Bonchev–Trinajstić information content (AvgIpc) is 3.08. The fourth-order valence-corrected chi connectivity index (χ4v) is 4.94. The van der Waals surface area contributed by atoms with Crippen molar-refractivity contribution in [2.24, 2.45) is 5.73 Å². The molecular formula is C34H47NO11. The van der Waals surface area contributed by atoms with Crippen LogP contribution in [0.4, 0.5) is 0 Å². The summed E-state index contributed by atoms with van der Waals surface area (Å²) in [4.78, 5) is 38.2. The molecule has 3 unspecified atom stereocenters. The summed E-state index contributed by atoms with van der Waals surface area (Å²) in [5.74, 6) is -2.99. The molecule has 2 aliphatic carbocycles. The van der Waals surface area contributed by atoms with Gasteiger partial charge in [0.05, 0.1) is 48.7 Å². The number of aliphatic hydroxyl groups is 4. The number of hydrogen-bond acceptors (Lipinski definition) is 12. The Morgan fingerprint density at radius 2 is 1.65 bits per heavy atom. The van der Waals surface area contributed by atoms with Gasteiger partial charge in [0.15, 0.2) is 11.6 Å². The van der Waals surface area contributed by atoms with E-state index in [1.165, 1.54) is 32.4 Å². The molecule has 0 amide bonds. The van der Waals surface area contributed by atoms with Crippen LogP contribution in [-0.4, -0.2) is 99.3 Å². The van der Waals surface area contributed by atoms with E-state index in [1.807, 2.05) is 32.9 Å². The number of carbonyl (C=O) groups excluding carboxylic acids is 3. The van der Waals surface area contributed by atoms with Crippen LogP contribution in [-0.2, 0) is 22.4 Å². The Balaban J connectivity index is 0.000000518. The maximum atomic E-state index is 13.1. The molecule has 2 aromatic carbocycles. The highest BCUT2D eigenvalue weighted by molar-refractivity contribution is 6.31. The smallest absolute Gasteiger partial charge is 0.202 e. The highest BCUT2D eigenvalue weighted by Crippen LogP contribution is 2.48. The van der Waals surface area contributed by atoms with Crippen LogP contribution in [0.3, 0.4) is 0 Å². The predicted octanol–water partition coefficient (Wildman–Crippen LogP) is 2.14. The topological polar surface area (TPSA) is 217 Å². The zero-order valence-electron chi connectivity index (χ0n) is 27.2. The van der Waals surface area contributed by atoms with Gasteiger partial charge in [-0.2, -0.15) is 0 Å². The van der Waals surface area contributed by atoms with Gasteiger partial charge in [-0.3, -0.25) is 14.4 Å². The Labute approximate surface area is 269 Å². The van der Waals surface area contributed by atoms with E-state index in [1.54, 1.807) is 13.0 Å². The standard InChI is InChI=1S/C21H18O8.C6H15NO3.C5H8.C2H6/c1-29-12-4-2-3-10-14(12)20(27)16-15(18(10)25)19(26)11-7-21(28,13(23)8-22)6-5-9(11)17(16)24;1-4(10-2)6(9)5(7)3-8;1-3-5-4-2;1-2/h2-4,22,24,26,28H,5-8H2,1H3;4-6,8-9H,3,7H2,1-2H3;3-5H,1H2,2H3;1-2H3/b;;5-4+;/t21-;;;/m1.../s1. The first-order chi connectivity index (χ1) is 21.8. The van der Waals surface area contributed by atoms with E-state index in [-0.39, 0.29) is 71.1 Å². The lowest BCUT2D eigenvalue weighted by Gasteiger charge is -2.34. The number of ketones is 3. The highest BCUT2D eigenvalue weighted by Gasteiger charge is 2.45. The fraction of sp³-hybridized carbons (Fsp3) is 0.441. The third kappa shape index (κ3) is 8.46. The molecule has 0 radical (unpaired) electrons. The van der Waals surface area contributed by atoms with E-state index in [0.29, 0.717) is 0 Å². The van der Waals surface area contributed by atoms with Crippen LogP contribution in [0.15, 0.2) is 43.0 Å². The molecule has 254 valence electrons. The Hall–Kier alpha value is -3.91. The number of fused-ring (bicyclic) bond motifs is 3. The number of phenols is 2. The second-order valence-corrected chi connectivity index (χ2v) is 10.3. The monoisotopic (exact) mass is 645 g/mol. The SMILES string of the molecule is C=C/C=C/C.CC.COC(C)C(O)C(N)CO.COc1cccc2c1C(=O)c1c(O)c3c(c(O)c1C2=O)C[C@@](O)(C(=O)CO)CC3. The van der Waals surface area contributed by atoms with Crippen molar-refractivity contribution in [2.75, 3.05) is 27.4 Å². The van der Waals surface area contributed by atoms with Gasteiger partial charge >= 0.3 is 0 Å². The van der Waals surface area contributed by atoms with Gasteiger partial charge in [0.1, 0.15) is 29.5 Å². The molecule has 0 saturated heterocycles.